The van der Waals surface area contributed by atoms with Crippen molar-refractivity contribution in [2.75, 3.05) is 5.73 Å². The van der Waals surface area contributed by atoms with Gasteiger partial charge in [-0.15, -0.1) is 0 Å². The largest absolute Gasteiger partial charge is 0.508 e. The fourth-order valence-electron chi connectivity index (χ4n) is 2.62. The monoisotopic (exact) mass is 269 g/mol. The predicted octanol–water partition coefficient (Wildman–Crippen LogP) is 2.55. The van der Waals surface area contributed by atoms with E-state index in [0.717, 1.165) is 11.3 Å². The van der Waals surface area contributed by atoms with E-state index in [1.165, 1.54) is 0 Å². The number of hydrogen-bond acceptors (Lipinski definition) is 3. The number of hydrogen-bond donors (Lipinski definition) is 3. The number of aliphatic hydroxyl groups is 1. The minimum atomic E-state index is -0.257. The number of nitrogens with zero attached hydrogens (tertiary/aromatic N) is 2. The van der Waals surface area contributed by atoms with Crippen LogP contribution in [-0.4, -0.2) is 20.9 Å². The minimum absolute atomic E-state index is 0.181. The van der Waals surface area contributed by atoms with Gasteiger partial charge >= 0.3 is 0 Å². The lowest BCUT2D eigenvalue weighted by Gasteiger charge is -2.31. The third-order valence-electron chi connectivity index (χ3n) is 3.84. The topological polar surface area (TPSA) is 75.8 Å². The van der Waals surface area contributed by atoms with E-state index in [-0.39, 0.29) is 17.8 Å². The van der Waals surface area contributed by atoms with Crippen molar-refractivity contribution in [1.82, 2.24) is 4.57 Å². The van der Waals surface area contributed by atoms with Gasteiger partial charge in [0.15, 0.2) is 0 Å². The summed E-state index contributed by atoms with van der Waals surface area (Å²) in [6.45, 7) is 7.31. The highest BCUT2D eigenvalue weighted by atomic mass is 16.3. The van der Waals surface area contributed by atoms with Crippen LogP contribution in [0, 0.1) is 6.57 Å². The number of aromatic nitrogens is 1. The van der Waals surface area contributed by atoms with Crippen molar-refractivity contribution in [3.8, 4) is 11.4 Å². The number of phenolic OH excluding ortho intramolecular Hbond substituents is 1. The number of anilines is 1. The van der Waals surface area contributed by atoms with Crippen LogP contribution >= 0.6 is 0 Å². The summed E-state index contributed by atoms with van der Waals surface area (Å²) >= 11 is 0. The SMILES string of the molecule is [C-]#[N+]c1c(N)c(C2CC(O)C2)cn1-c1ccc(O)cc1. The maximum absolute atomic E-state index is 9.42. The molecule has 20 heavy (non-hydrogen) atoms. The van der Waals surface area contributed by atoms with Gasteiger partial charge in [-0.2, -0.15) is 0 Å². The van der Waals surface area contributed by atoms with Crippen LogP contribution in [-0.2, 0) is 0 Å². The van der Waals surface area contributed by atoms with Crippen LogP contribution in [0.1, 0.15) is 24.3 Å². The van der Waals surface area contributed by atoms with E-state index in [1.807, 2.05) is 6.20 Å². The van der Waals surface area contributed by atoms with Crippen molar-refractivity contribution in [1.29, 1.82) is 0 Å². The van der Waals surface area contributed by atoms with Gasteiger partial charge in [-0.25, -0.2) is 0 Å². The van der Waals surface area contributed by atoms with Crippen LogP contribution in [0.15, 0.2) is 30.5 Å². The van der Waals surface area contributed by atoms with Crippen LogP contribution in [0.5, 0.6) is 5.75 Å². The normalized spacial score (nSPS) is 21.2. The Labute approximate surface area is 116 Å². The first-order valence-electron chi connectivity index (χ1n) is 6.45. The Bertz CT molecular complexity index is 676. The molecule has 2 aromatic rings. The van der Waals surface area contributed by atoms with Crippen molar-refractivity contribution in [3.63, 3.8) is 0 Å². The molecule has 1 aliphatic rings. The number of nitrogen functional groups attached to an aromatic ring is 1. The lowest BCUT2D eigenvalue weighted by Crippen LogP contribution is -2.26. The highest BCUT2D eigenvalue weighted by Gasteiger charge is 2.32. The van der Waals surface area contributed by atoms with E-state index in [9.17, 15) is 10.2 Å². The van der Waals surface area contributed by atoms with Crippen LogP contribution in [0.25, 0.3) is 10.5 Å². The summed E-state index contributed by atoms with van der Waals surface area (Å²) in [5, 5.41) is 18.7. The van der Waals surface area contributed by atoms with Gasteiger partial charge in [0.05, 0.1) is 18.0 Å². The van der Waals surface area contributed by atoms with E-state index in [1.54, 1.807) is 28.8 Å². The fraction of sp³-hybridized carbons (Fsp3) is 0.267. The molecule has 0 unspecified atom stereocenters. The molecule has 0 saturated heterocycles. The van der Waals surface area contributed by atoms with Gasteiger partial charge < -0.3 is 20.8 Å². The van der Waals surface area contributed by atoms with Crippen LogP contribution in [0.3, 0.4) is 0 Å². The van der Waals surface area contributed by atoms with E-state index in [0.29, 0.717) is 24.3 Å². The van der Waals surface area contributed by atoms with Crippen molar-refractivity contribution in [3.05, 3.63) is 47.4 Å². The zero-order chi connectivity index (χ0) is 14.3. The summed E-state index contributed by atoms with van der Waals surface area (Å²) in [5.74, 6) is 0.788. The average Bonchev–Trinajstić information content (AvgIpc) is 2.73. The number of nitrogens with two attached hydrogens (primary N) is 1. The molecule has 4 N–H and O–H groups in total. The molecule has 1 aromatic carbocycles. The summed E-state index contributed by atoms with van der Waals surface area (Å²) in [4.78, 5) is 3.51. The smallest absolute Gasteiger partial charge is 0.258 e. The van der Waals surface area contributed by atoms with E-state index in [2.05, 4.69) is 4.85 Å². The third kappa shape index (κ3) is 1.91. The zero-order valence-corrected chi connectivity index (χ0v) is 10.8. The number of aromatic hydroxyl groups is 1. The lowest BCUT2D eigenvalue weighted by molar-refractivity contribution is 0.0749. The van der Waals surface area contributed by atoms with Crippen molar-refractivity contribution in [2.24, 2.45) is 0 Å². The molecule has 5 heteroatoms. The second-order valence-corrected chi connectivity index (χ2v) is 5.14. The molecule has 0 radical (unpaired) electrons. The van der Waals surface area contributed by atoms with E-state index < -0.39 is 0 Å². The Morgan fingerprint density at radius 1 is 1.25 bits per heavy atom. The average molecular weight is 269 g/mol. The first-order valence-corrected chi connectivity index (χ1v) is 6.45. The van der Waals surface area contributed by atoms with Crippen LogP contribution in [0.4, 0.5) is 11.5 Å². The molecule has 0 spiro atoms. The Balaban J connectivity index is 2.05. The van der Waals surface area contributed by atoms with Gasteiger partial charge in [-0.05, 0) is 43.0 Å². The third-order valence-corrected chi connectivity index (χ3v) is 3.84. The first kappa shape index (κ1) is 12.6. The highest BCUT2D eigenvalue weighted by molar-refractivity contribution is 5.72. The maximum Gasteiger partial charge on any atom is 0.258 e. The van der Waals surface area contributed by atoms with Gasteiger partial charge in [0.1, 0.15) is 11.4 Å². The maximum atomic E-state index is 9.42. The van der Waals surface area contributed by atoms with Gasteiger partial charge in [0, 0.05) is 5.56 Å². The molecule has 1 heterocycles. The number of rotatable bonds is 2. The quantitative estimate of drug-likeness (QED) is 0.733. The molecule has 1 aliphatic carbocycles. The lowest BCUT2D eigenvalue weighted by atomic mass is 9.78. The highest BCUT2D eigenvalue weighted by Crippen LogP contribution is 2.44. The van der Waals surface area contributed by atoms with E-state index in [4.69, 9.17) is 12.3 Å². The molecule has 102 valence electrons. The van der Waals surface area contributed by atoms with Gasteiger partial charge in [-0.1, -0.05) is 6.57 Å². The van der Waals surface area contributed by atoms with Crippen LogP contribution < -0.4 is 5.73 Å². The summed E-state index contributed by atoms with van der Waals surface area (Å²) in [6.07, 6.45) is 3.00. The Morgan fingerprint density at radius 2 is 1.90 bits per heavy atom. The molecule has 0 amide bonds. The molecule has 1 aromatic heterocycles. The van der Waals surface area contributed by atoms with Crippen molar-refractivity contribution in [2.45, 2.75) is 24.9 Å². The fourth-order valence-corrected chi connectivity index (χ4v) is 2.62. The van der Waals surface area contributed by atoms with Crippen LogP contribution in [0.2, 0.25) is 0 Å². The molecule has 0 atom stereocenters. The first-order chi connectivity index (χ1) is 9.60. The summed E-state index contributed by atoms with van der Waals surface area (Å²) in [5.41, 5.74) is 8.27. The van der Waals surface area contributed by atoms with Gasteiger partial charge in [0.2, 0.25) is 0 Å². The number of benzene rings is 1. The second kappa shape index (κ2) is 4.58. The standard InChI is InChI=1S/C15H15N3O2/c1-17-15-14(16)13(9-6-12(20)7-9)8-18(15)10-2-4-11(19)5-3-10/h2-5,8-9,12,19-20H,6-7,16H2. The molecular weight excluding hydrogens is 254 g/mol. The minimum Gasteiger partial charge on any atom is -0.508 e. The molecule has 0 bridgehead atoms. The van der Waals surface area contributed by atoms with Crippen molar-refractivity contribution < 1.29 is 10.2 Å². The molecule has 5 nitrogen and oxygen atoms in total. The second-order valence-electron chi connectivity index (χ2n) is 5.14. The van der Waals surface area contributed by atoms with Gasteiger partial charge in [0.25, 0.3) is 5.82 Å². The number of phenols is 1. The van der Waals surface area contributed by atoms with Crippen molar-refractivity contribution >= 4 is 11.5 Å². The predicted molar refractivity (Wildman–Crippen MR) is 76.1 cm³/mol. The molecule has 1 saturated carbocycles. The number of aliphatic hydroxyl groups excluding tert-OH is 1. The molecule has 1 fully saturated rings. The van der Waals surface area contributed by atoms with E-state index >= 15 is 0 Å². The molecule has 0 aliphatic heterocycles. The summed E-state index contributed by atoms with van der Waals surface area (Å²) in [7, 11) is 0. The molecular formula is C15H15N3O2. The zero-order valence-electron chi connectivity index (χ0n) is 10.8. The Morgan fingerprint density at radius 3 is 2.45 bits per heavy atom. The summed E-state index contributed by atoms with van der Waals surface area (Å²) in [6, 6.07) is 6.63. The Hall–Kier alpha value is -2.45. The van der Waals surface area contributed by atoms with Gasteiger partial charge in [-0.3, -0.25) is 4.57 Å². The Kier molecular flexibility index (Phi) is 2.88. The molecule has 3 rings (SSSR count). The summed E-state index contributed by atoms with van der Waals surface area (Å²) < 4.78 is 1.74.